The molecule has 0 radical (unpaired) electrons. The van der Waals surface area contributed by atoms with Crippen molar-refractivity contribution in [2.45, 2.75) is 52.4 Å². The number of hydrogen-bond donors (Lipinski definition) is 2. The minimum Gasteiger partial charge on any atom is -0.383 e. The van der Waals surface area contributed by atoms with Crippen LogP contribution in [0.15, 0.2) is 18.5 Å². The van der Waals surface area contributed by atoms with Gasteiger partial charge in [0.25, 0.3) is 0 Å². The SMILES string of the molecule is CC(C)(C)c1cc2nc(-c3cnc(C(C)(C)C)nc3N)[nH]c2cn1. The summed E-state index contributed by atoms with van der Waals surface area (Å²) in [5, 5.41) is 0. The first-order valence-corrected chi connectivity index (χ1v) is 8.05. The molecule has 3 aromatic rings. The second-order valence-corrected chi connectivity index (χ2v) is 8.16. The molecule has 0 saturated heterocycles. The van der Waals surface area contributed by atoms with E-state index in [0.717, 1.165) is 22.6 Å². The molecule has 0 amide bonds. The van der Waals surface area contributed by atoms with Crippen LogP contribution in [0.2, 0.25) is 0 Å². The van der Waals surface area contributed by atoms with E-state index in [1.54, 1.807) is 6.20 Å². The van der Waals surface area contributed by atoms with Crippen LogP contribution in [0.1, 0.15) is 53.1 Å². The van der Waals surface area contributed by atoms with E-state index >= 15 is 0 Å². The Kier molecular flexibility index (Phi) is 3.59. The van der Waals surface area contributed by atoms with Gasteiger partial charge in [0, 0.05) is 22.7 Å². The molecule has 0 unspecified atom stereocenters. The van der Waals surface area contributed by atoms with Crippen LogP contribution in [0.25, 0.3) is 22.4 Å². The minimum absolute atomic E-state index is 0.0240. The molecule has 0 aliphatic carbocycles. The Hall–Kier alpha value is -2.50. The number of nitrogens with zero attached hydrogens (tertiary/aromatic N) is 4. The molecule has 0 fully saturated rings. The summed E-state index contributed by atoms with van der Waals surface area (Å²) >= 11 is 0. The van der Waals surface area contributed by atoms with Gasteiger partial charge in [0.15, 0.2) is 0 Å². The highest BCUT2D eigenvalue weighted by molar-refractivity contribution is 5.81. The van der Waals surface area contributed by atoms with Gasteiger partial charge in [-0.25, -0.2) is 15.0 Å². The van der Waals surface area contributed by atoms with Crippen LogP contribution in [-0.4, -0.2) is 24.9 Å². The first-order chi connectivity index (χ1) is 11.1. The van der Waals surface area contributed by atoms with E-state index in [4.69, 9.17) is 5.73 Å². The predicted octanol–water partition coefficient (Wildman–Crippen LogP) is 3.59. The molecule has 0 bridgehead atoms. The molecule has 0 aromatic carbocycles. The second kappa shape index (κ2) is 5.26. The topological polar surface area (TPSA) is 93.4 Å². The molecular formula is C18H24N6. The van der Waals surface area contributed by atoms with E-state index in [0.29, 0.717) is 17.2 Å². The van der Waals surface area contributed by atoms with Gasteiger partial charge in [0.2, 0.25) is 0 Å². The quantitative estimate of drug-likeness (QED) is 0.713. The van der Waals surface area contributed by atoms with Crippen molar-refractivity contribution >= 4 is 16.9 Å². The maximum absolute atomic E-state index is 6.14. The standard InChI is InChI=1S/C18H24N6/c1-17(2,3)13-7-11-12(9-20-13)23-15(22-11)10-8-21-16(18(4,5)6)24-14(10)19/h7-9H,1-6H3,(H,22,23)(H2,19,21,24). The molecule has 3 rings (SSSR count). The molecule has 0 atom stereocenters. The average molecular weight is 324 g/mol. The fraction of sp³-hybridized carbons (Fsp3) is 0.444. The molecule has 0 aliphatic rings. The van der Waals surface area contributed by atoms with Crippen molar-refractivity contribution in [1.82, 2.24) is 24.9 Å². The van der Waals surface area contributed by atoms with Crippen molar-refractivity contribution in [3.05, 3.63) is 30.0 Å². The number of nitrogens with one attached hydrogen (secondary N) is 1. The van der Waals surface area contributed by atoms with Gasteiger partial charge >= 0.3 is 0 Å². The Morgan fingerprint density at radius 2 is 1.62 bits per heavy atom. The minimum atomic E-state index is -0.147. The maximum Gasteiger partial charge on any atom is 0.143 e. The van der Waals surface area contributed by atoms with Crippen LogP contribution in [0.3, 0.4) is 0 Å². The lowest BCUT2D eigenvalue weighted by Crippen LogP contribution is -2.17. The lowest BCUT2D eigenvalue weighted by atomic mass is 9.91. The molecule has 6 heteroatoms. The molecule has 0 saturated carbocycles. The van der Waals surface area contributed by atoms with E-state index in [-0.39, 0.29) is 10.8 Å². The third kappa shape index (κ3) is 2.96. The summed E-state index contributed by atoms with van der Waals surface area (Å²) in [6, 6.07) is 2.01. The zero-order chi connectivity index (χ0) is 17.7. The lowest BCUT2D eigenvalue weighted by Gasteiger charge is -2.17. The Morgan fingerprint density at radius 1 is 0.917 bits per heavy atom. The summed E-state index contributed by atoms with van der Waals surface area (Å²) in [5.41, 5.74) is 9.42. The summed E-state index contributed by atoms with van der Waals surface area (Å²) in [5.74, 6) is 1.81. The maximum atomic E-state index is 6.14. The third-order valence-electron chi connectivity index (χ3n) is 3.88. The first-order valence-electron chi connectivity index (χ1n) is 8.05. The Labute approximate surface area is 142 Å². The predicted molar refractivity (Wildman–Crippen MR) is 96.7 cm³/mol. The van der Waals surface area contributed by atoms with Crippen LogP contribution >= 0.6 is 0 Å². The monoisotopic (exact) mass is 324 g/mol. The molecule has 0 spiro atoms. The molecule has 3 N–H and O–H groups in total. The molecule has 6 nitrogen and oxygen atoms in total. The summed E-state index contributed by atoms with van der Waals surface area (Å²) in [4.78, 5) is 21.3. The number of nitrogens with two attached hydrogens (primary N) is 1. The first kappa shape index (κ1) is 16.4. The Balaban J connectivity index is 2.07. The number of fused-ring (bicyclic) bond motifs is 1. The Bertz CT molecular complexity index is 896. The van der Waals surface area contributed by atoms with Crippen LogP contribution in [-0.2, 0) is 10.8 Å². The van der Waals surface area contributed by atoms with Crippen LogP contribution in [0.4, 0.5) is 5.82 Å². The van der Waals surface area contributed by atoms with Crippen LogP contribution in [0, 0.1) is 0 Å². The van der Waals surface area contributed by atoms with Gasteiger partial charge < -0.3 is 10.7 Å². The van der Waals surface area contributed by atoms with Gasteiger partial charge in [-0.1, -0.05) is 41.5 Å². The van der Waals surface area contributed by atoms with E-state index in [9.17, 15) is 0 Å². The van der Waals surface area contributed by atoms with Gasteiger partial charge in [-0.15, -0.1) is 0 Å². The number of aromatic nitrogens is 5. The summed E-state index contributed by atoms with van der Waals surface area (Å²) in [6.07, 6.45) is 3.55. The highest BCUT2D eigenvalue weighted by Crippen LogP contribution is 2.28. The van der Waals surface area contributed by atoms with Crippen molar-refractivity contribution in [2.24, 2.45) is 0 Å². The van der Waals surface area contributed by atoms with E-state index in [1.807, 2.05) is 12.3 Å². The van der Waals surface area contributed by atoms with Crippen LogP contribution in [0.5, 0.6) is 0 Å². The molecular weight excluding hydrogens is 300 g/mol. The lowest BCUT2D eigenvalue weighted by molar-refractivity contribution is 0.546. The number of nitrogen functional groups attached to an aromatic ring is 1. The molecule has 3 heterocycles. The van der Waals surface area contributed by atoms with Gasteiger partial charge in [-0.3, -0.25) is 4.98 Å². The fourth-order valence-electron chi connectivity index (χ4n) is 2.39. The number of rotatable bonds is 1. The molecule has 0 aliphatic heterocycles. The van der Waals surface area contributed by atoms with Crippen LogP contribution < -0.4 is 5.73 Å². The summed E-state index contributed by atoms with van der Waals surface area (Å²) in [7, 11) is 0. The third-order valence-corrected chi connectivity index (χ3v) is 3.88. The van der Waals surface area contributed by atoms with Gasteiger partial charge in [0.05, 0.1) is 22.8 Å². The smallest absolute Gasteiger partial charge is 0.143 e. The average Bonchev–Trinajstić information content (AvgIpc) is 2.87. The van der Waals surface area contributed by atoms with Crippen molar-refractivity contribution in [3.63, 3.8) is 0 Å². The second-order valence-electron chi connectivity index (χ2n) is 8.16. The van der Waals surface area contributed by atoms with Gasteiger partial charge in [-0.2, -0.15) is 0 Å². The number of anilines is 1. The molecule has 3 aromatic heterocycles. The zero-order valence-corrected chi connectivity index (χ0v) is 15.1. The van der Waals surface area contributed by atoms with Crippen molar-refractivity contribution in [3.8, 4) is 11.4 Å². The van der Waals surface area contributed by atoms with Crippen molar-refractivity contribution < 1.29 is 0 Å². The largest absolute Gasteiger partial charge is 0.383 e. The molecule has 126 valence electrons. The number of imidazole rings is 1. The van der Waals surface area contributed by atoms with Gasteiger partial charge in [-0.05, 0) is 6.07 Å². The number of aromatic amines is 1. The Morgan fingerprint density at radius 3 is 2.21 bits per heavy atom. The highest BCUT2D eigenvalue weighted by Gasteiger charge is 2.20. The molecule has 24 heavy (non-hydrogen) atoms. The zero-order valence-electron chi connectivity index (χ0n) is 15.1. The van der Waals surface area contributed by atoms with Crippen molar-refractivity contribution in [1.29, 1.82) is 0 Å². The highest BCUT2D eigenvalue weighted by atomic mass is 15.0. The number of H-pyrrole nitrogens is 1. The summed E-state index contributed by atoms with van der Waals surface area (Å²) < 4.78 is 0. The number of hydrogen-bond acceptors (Lipinski definition) is 5. The van der Waals surface area contributed by atoms with Gasteiger partial charge in [0.1, 0.15) is 17.5 Å². The van der Waals surface area contributed by atoms with E-state index < -0.39 is 0 Å². The van der Waals surface area contributed by atoms with Crippen molar-refractivity contribution in [2.75, 3.05) is 5.73 Å². The number of pyridine rings is 1. The van der Waals surface area contributed by atoms with E-state index in [2.05, 4.69) is 66.5 Å². The van der Waals surface area contributed by atoms with E-state index in [1.165, 1.54) is 0 Å². The normalized spacial score (nSPS) is 12.8. The summed E-state index contributed by atoms with van der Waals surface area (Å²) in [6.45, 7) is 12.6. The fourth-order valence-corrected chi connectivity index (χ4v) is 2.39.